The summed E-state index contributed by atoms with van der Waals surface area (Å²) in [6, 6.07) is 18.4. The van der Waals surface area contributed by atoms with Gasteiger partial charge in [-0.3, -0.25) is 4.79 Å². The van der Waals surface area contributed by atoms with Crippen LogP contribution >= 0.6 is 11.3 Å². The van der Waals surface area contributed by atoms with Crippen LogP contribution < -0.4 is 5.73 Å². The number of rotatable bonds is 4. The van der Waals surface area contributed by atoms with Crippen molar-refractivity contribution < 1.29 is 4.79 Å². The Kier molecular flexibility index (Phi) is 3.79. The van der Waals surface area contributed by atoms with Gasteiger partial charge in [0.25, 0.3) is 0 Å². The third-order valence-electron chi connectivity index (χ3n) is 3.14. The van der Waals surface area contributed by atoms with Crippen LogP contribution in [0.15, 0.2) is 60.0 Å². The zero-order valence-corrected chi connectivity index (χ0v) is 12.1. The summed E-state index contributed by atoms with van der Waals surface area (Å²) in [6.45, 7) is 0. The SMILES string of the molecule is NC(=O)Cc1nc(-c2cccc(-c3ccccc3)c2)cs1. The molecule has 3 rings (SSSR count). The Balaban J connectivity index is 1.93. The third kappa shape index (κ3) is 3.17. The van der Waals surface area contributed by atoms with E-state index < -0.39 is 0 Å². The number of benzene rings is 2. The van der Waals surface area contributed by atoms with Crippen LogP contribution in [0.2, 0.25) is 0 Å². The number of thiazole rings is 1. The van der Waals surface area contributed by atoms with Gasteiger partial charge in [-0.15, -0.1) is 11.3 Å². The van der Waals surface area contributed by atoms with Gasteiger partial charge in [-0.25, -0.2) is 4.98 Å². The highest BCUT2D eigenvalue weighted by atomic mass is 32.1. The fourth-order valence-corrected chi connectivity index (χ4v) is 2.98. The van der Waals surface area contributed by atoms with E-state index in [1.807, 2.05) is 35.7 Å². The van der Waals surface area contributed by atoms with E-state index in [4.69, 9.17) is 5.73 Å². The van der Waals surface area contributed by atoms with Crippen molar-refractivity contribution in [1.82, 2.24) is 4.98 Å². The van der Waals surface area contributed by atoms with Gasteiger partial charge in [0.2, 0.25) is 5.91 Å². The molecule has 3 nitrogen and oxygen atoms in total. The lowest BCUT2D eigenvalue weighted by molar-refractivity contribution is -0.117. The number of primary amides is 1. The molecule has 3 aromatic rings. The number of nitrogens with two attached hydrogens (primary N) is 1. The van der Waals surface area contributed by atoms with E-state index in [2.05, 4.69) is 29.2 Å². The van der Waals surface area contributed by atoms with Gasteiger partial charge in [0.05, 0.1) is 12.1 Å². The van der Waals surface area contributed by atoms with E-state index in [1.165, 1.54) is 16.9 Å². The second-order valence-electron chi connectivity index (χ2n) is 4.72. The molecule has 0 saturated carbocycles. The summed E-state index contributed by atoms with van der Waals surface area (Å²) in [6.07, 6.45) is 0.197. The Hall–Kier alpha value is -2.46. The normalized spacial score (nSPS) is 10.5. The first kappa shape index (κ1) is 13.5. The van der Waals surface area contributed by atoms with Crippen molar-refractivity contribution in [1.29, 1.82) is 0 Å². The molecule has 0 aliphatic carbocycles. The van der Waals surface area contributed by atoms with Crippen LogP contribution in [0, 0.1) is 0 Å². The molecule has 104 valence electrons. The predicted molar refractivity (Wildman–Crippen MR) is 85.9 cm³/mol. The molecule has 0 saturated heterocycles. The Morgan fingerprint density at radius 3 is 2.48 bits per heavy atom. The summed E-state index contributed by atoms with van der Waals surface area (Å²) >= 11 is 1.46. The predicted octanol–water partition coefficient (Wildman–Crippen LogP) is 3.50. The van der Waals surface area contributed by atoms with Gasteiger partial charge in [-0.05, 0) is 17.2 Å². The number of nitrogens with zero attached hydrogens (tertiary/aromatic N) is 1. The van der Waals surface area contributed by atoms with Gasteiger partial charge in [-0.2, -0.15) is 0 Å². The van der Waals surface area contributed by atoms with Crippen LogP contribution in [0.1, 0.15) is 5.01 Å². The quantitative estimate of drug-likeness (QED) is 0.800. The van der Waals surface area contributed by atoms with E-state index in [1.54, 1.807) is 0 Å². The van der Waals surface area contributed by atoms with Crippen molar-refractivity contribution in [2.75, 3.05) is 0 Å². The van der Waals surface area contributed by atoms with Crippen molar-refractivity contribution in [3.05, 3.63) is 65.0 Å². The van der Waals surface area contributed by atoms with Gasteiger partial charge in [0.1, 0.15) is 5.01 Å². The lowest BCUT2D eigenvalue weighted by atomic mass is 10.0. The molecule has 0 bridgehead atoms. The zero-order chi connectivity index (χ0) is 14.7. The van der Waals surface area contributed by atoms with E-state index in [0.29, 0.717) is 0 Å². The molecule has 4 heteroatoms. The van der Waals surface area contributed by atoms with Gasteiger partial charge < -0.3 is 5.73 Å². The number of aromatic nitrogens is 1. The summed E-state index contributed by atoms with van der Waals surface area (Å²) in [5.41, 5.74) is 9.45. The molecule has 0 spiro atoms. The standard InChI is InChI=1S/C17H14N2OS/c18-16(20)10-17-19-15(11-21-17)14-8-4-7-13(9-14)12-5-2-1-3-6-12/h1-9,11H,10H2,(H2,18,20). The minimum absolute atomic E-state index is 0.197. The second kappa shape index (κ2) is 5.89. The maximum atomic E-state index is 10.9. The Morgan fingerprint density at radius 1 is 1.00 bits per heavy atom. The molecule has 1 aromatic heterocycles. The van der Waals surface area contributed by atoms with Gasteiger partial charge in [-0.1, -0.05) is 48.5 Å². The Morgan fingerprint density at radius 2 is 1.71 bits per heavy atom. The first-order valence-corrected chi connectivity index (χ1v) is 7.49. The third-order valence-corrected chi connectivity index (χ3v) is 3.99. The van der Waals surface area contributed by atoms with Gasteiger partial charge in [0, 0.05) is 10.9 Å². The van der Waals surface area contributed by atoms with Crippen LogP contribution in [0.4, 0.5) is 0 Å². The summed E-state index contributed by atoms with van der Waals surface area (Å²) < 4.78 is 0. The maximum absolute atomic E-state index is 10.9. The Labute approximate surface area is 127 Å². The topological polar surface area (TPSA) is 56.0 Å². The van der Waals surface area contributed by atoms with Crippen LogP contribution in [-0.2, 0) is 11.2 Å². The second-order valence-corrected chi connectivity index (χ2v) is 5.66. The van der Waals surface area contributed by atoms with Crippen LogP contribution in [-0.4, -0.2) is 10.9 Å². The summed E-state index contributed by atoms with van der Waals surface area (Å²) in [4.78, 5) is 15.4. The number of hydrogen-bond donors (Lipinski definition) is 1. The maximum Gasteiger partial charge on any atom is 0.224 e. The smallest absolute Gasteiger partial charge is 0.224 e. The van der Waals surface area contributed by atoms with E-state index in [0.717, 1.165) is 21.8 Å². The Bertz CT molecular complexity index is 765. The fraction of sp³-hybridized carbons (Fsp3) is 0.0588. The van der Waals surface area contributed by atoms with Crippen LogP contribution in [0.5, 0.6) is 0 Å². The molecule has 0 aliphatic rings. The lowest BCUT2D eigenvalue weighted by Gasteiger charge is -2.03. The van der Waals surface area contributed by atoms with E-state index >= 15 is 0 Å². The average molecular weight is 294 g/mol. The first-order valence-electron chi connectivity index (χ1n) is 6.61. The molecule has 21 heavy (non-hydrogen) atoms. The summed E-state index contributed by atoms with van der Waals surface area (Å²) in [5.74, 6) is -0.353. The van der Waals surface area contributed by atoms with Crippen molar-refractivity contribution in [2.24, 2.45) is 5.73 Å². The molecule has 0 fully saturated rings. The van der Waals surface area contributed by atoms with Crippen molar-refractivity contribution in [2.45, 2.75) is 6.42 Å². The summed E-state index contributed by atoms with van der Waals surface area (Å²) in [5, 5.41) is 2.71. The first-order chi connectivity index (χ1) is 10.2. The number of carbonyl (C=O) groups is 1. The highest BCUT2D eigenvalue weighted by molar-refractivity contribution is 7.10. The molecule has 2 N–H and O–H groups in total. The lowest BCUT2D eigenvalue weighted by Crippen LogP contribution is -2.13. The minimum Gasteiger partial charge on any atom is -0.369 e. The minimum atomic E-state index is -0.353. The molecule has 0 radical (unpaired) electrons. The molecular formula is C17H14N2OS. The molecule has 0 aliphatic heterocycles. The number of hydrogen-bond acceptors (Lipinski definition) is 3. The van der Waals surface area contributed by atoms with Crippen LogP contribution in [0.25, 0.3) is 22.4 Å². The molecule has 0 unspecified atom stereocenters. The van der Waals surface area contributed by atoms with Crippen molar-refractivity contribution in [3.63, 3.8) is 0 Å². The number of carbonyl (C=O) groups excluding carboxylic acids is 1. The zero-order valence-electron chi connectivity index (χ0n) is 11.3. The molecular weight excluding hydrogens is 280 g/mol. The molecule has 1 amide bonds. The largest absolute Gasteiger partial charge is 0.369 e. The highest BCUT2D eigenvalue weighted by Crippen LogP contribution is 2.27. The highest BCUT2D eigenvalue weighted by Gasteiger charge is 2.08. The fourth-order valence-electron chi connectivity index (χ4n) is 2.16. The molecule has 1 heterocycles. The molecule has 2 aromatic carbocycles. The number of amides is 1. The van der Waals surface area contributed by atoms with E-state index in [-0.39, 0.29) is 12.3 Å². The van der Waals surface area contributed by atoms with E-state index in [9.17, 15) is 4.79 Å². The molecule has 0 atom stereocenters. The van der Waals surface area contributed by atoms with Crippen molar-refractivity contribution in [3.8, 4) is 22.4 Å². The summed E-state index contributed by atoms with van der Waals surface area (Å²) in [7, 11) is 0. The van der Waals surface area contributed by atoms with Gasteiger partial charge in [0.15, 0.2) is 0 Å². The van der Waals surface area contributed by atoms with Crippen molar-refractivity contribution >= 4 is 17.2 Å². The van der Waals surface area contributed by atoms with Gasteiger partial charge >= 0.3 is 0 Å². The van der Waals surface area contributed by atoms with Crippen LogP contribution in [0.3, 0.4) is 0 Å². The monoisotopic (exact) mass is 294 g/mol. The average Bonchev–Trinajstić information content (AvgIpc) is 2.96.